The maximum Gasteiger partial charge on any atom is 0.323 e. The van der Waals surface area contributed by atoms with Crippen LogP contribution in [0.15, 0.2) is 76.5 Å². The number of non-ortho nitro benzene ring substituents is 1. The summed E-state index contributed by atoms with van der Waals surface area (Å²) in [6.07, 6.45) is 0. The standard InChI is InChI=1S/C21H19N3O3S/c1-14-6-5-7-15(2)20(14)23-21(25)22-18-8-3-4-9-19(18)28-17-12-10-16(11-13-17)24(26)27/h3-13H,1-2H3,(H2,22,23,25). The van der Waals surface area contributed by atoms with Crippen LogP contribution in [0.5, 0.6) is 0 Å². The van der Waals surface area contributed by atoms with Crippen molar-refractivity contribution in [1.82, 2.24) is 0 Å². The molecule has 0 saturated heterocycles. The second-order valence-electron chi connectivity index (χ2n) is 6.20. The number of carbonyl (C=O) groups excluding carboxylic acids is 1. The van der Waals surface area contributed by atoms with Gasteiger partial charge in [-0.2, -0.15) is 0 Å². The Kier molecular flexibility index (Phi) is 5.96. The fraction of sp³-hybridized carbons (Fsp3) is 0.0952. The number of para-hydroxylation sites is 2. The van der Waals surface area contributed by atoms with Crippen molar-refractivity contribution in [1.29, 1.82) is 0 Å². The summed E-state index contributed by atoms with van der Waals surface area (Å²) in [6.45, 7) is 3.89. The summed E-state index contributed by atoms with van der Waals surface area (Å²) in [4.78, 5) is 24.5. The van der Waals surface area contributed by atoms with Crippen molar-refractivity contribution in [3.8, 4) is 0 Å². The molecule has 142 valence electrons. The molecule has 0 fully saturated rings. The molecule has 0 heterocycles. The van der Waals surface area contributed by atoms with E-state index in [1.165, 1.54) is 23.9 Å². The van der Waals surface area contributed by atoms with Crippen LogP contribution in [0.4, 0.5) is 21.9 Å². The summed E-state index contributed by atoms with van der Waals surface area (Å²) < 4.78 is 0. The smallest absolute Gasteiger partial charge is 0.307 e. The van der Waals surface area contributed by atoms with Gasteiger partial charge in [0.15, 0.2) is 0 Å². The summed E-state index contributed by atoms with van der Waals surface area (Å²) in [5.74, 6) is 0. The number of rotatable bonds is 5. The zero-order chi connectivity index (χ0) is 20.1. The molecular formula is C21H19N3O3S. The molecule has 0 unspecified atom stereocenters. The highest BCUT2D eigenvalue weighted by Crippen LogP contribution is 2.34. The number of carbonyl (C=O) groups is 1. The number of benzene rings is 3. The van der Waals surface area contributed by atoms with Crippen molar-refractivity contribution in [2.45, 2.75) is 23.6 Å². The largest absolute Gasteiger partial charge is 0.323 e. The third-order valence-corrected chi connectivity index (χ3v) is 5.21. The lowest BCUT2D eigenvalue weighted by atomic mass is 10.1. The lowest BCUT2D eigenvalue weighted by Crippen LogP contribution is -2.21. The van der Waals surface area contributed by atoms with Crippen molar-refractivity contribution >= 4 is 34.9 Å². The van der Waals surface area contributed by atoms with Crippen LogP contribution in [-0.4, -0.2) is 11.0 Å². The number of nitrogens with one attached hydrogen (secondary N) is 2. The van der Waals surface area contributed by atoms with E-state index < -0.39 is 4.92 Å². The Morgan fingerprint density at radius 3 is 2.18 bits per heavy atom. The summed E-state index contributed by atoms with van der Waals surface area (Å²) in [7, 11) is 0. The fourth-order valence-electron chi connectivity index (χ4n) is 2.70. The predicted molar refractivity (Wildman–Crippen MR) is 112 cm³/mol. The van der Waals surface area contributed by atoms with Gasteiger partial charge in [0.2, 0.25) is 0 Å². The first-order chi connectivity index (χ1) is 13.4. The van der Waals surface area contributed by atoms with Gasteiger partial charge in [-0.1, -0.05) is 42.1 Å². The maximum absolute atomic E-state index is 12.5. The van der Waals surface area contributed by atoms with Crippen LogP contribution in [0, 0.1) is 24.0 Å². The molecule has 0 atom stereocenters. The minimum atomic E-state index is -0.429. The van der Waals surface area contributed by atoms with Crippen molar-refractivity contribution in [2.24, 2.45) is 0 Å². The number of nitrogens with zero attached hydrogens (tertiary/aromatic N) is 1. The second kappa shape index (κ2) is 8.58. The number of nitro groups is 1. The van der Waals surface area contributed by atoms with E-state index in [2.05, 4.69) is 10.6 Å². The van der Waals surface area contributed by atoms with Gasteiger partial charge in [0, 0.05) is 27.6 Å². The molecule has 0 radical (unpaired) electrons. The van der Waals surface area contributed by atoms with Gasteiger partial charge in [0.1, 0.15) is 0 Å². The van der Waals surface area contributed by atoms with Gasteiger partial charge >= 0.3 is 6.03 Å². The molecular weight excluding hydrogens is 374 g/mol. The third kappa shape index (κ3) is 4.69. The first kappa shape index (κ1) is 19.4. The van der Waals surface area contributed by atoms with Gasteiger partial charge in [-0.3, -0.25) is 10.1 Å². The summed E-state index contributed by atoms with van der Waals surface area (Å²) >= 11 is 1.42. The van der Waals surface area contributed by atoms with E-state index in [1.807, 2.05) is 56.3 Å². The number of anilines is 2. The molecule has 7 heteroatoms. The third-order valence-electron chi connectivity index (χ3n) is 4.13. The molecule has 6 nitrogen and oxygen atoms in total. The molecule has 3 aromatic rings. The van der Waals surface area contributed by atoms with Crippen LogP contribution in [0.1, 0.15) is 11.1 Å². The fourth-order valence-corrected chi connectivity index (χ4v) is 3.60. The van der Waals surface area contributed by atoms with Gasteiger partial charge in [-0.05, 0) is 49.2 Å². The van der Waals surface area contributed by atoms with E-state index in [0.29, 0.717) is 5.69 Å². The van der Waals surface area contributed by atoms with Crippen LogP contribution < -0.4 is 10.6 Å². The van der Waals surface area contributed by atoms with Crippen molar-refractivity contribution in [2.75, 3.05) is 10.6 Å². The van der Waals surface area contributed by atoms with E-state index in [9.17, 15) is 14.9 Å². The average molecular weight is 393 g/mol. The monoisotopic (exact) mass is 393 g/mol. The van der Waals surface area contributed by atoms with Crippen molar-refractivity contribution in [3.05, 3.63) is 88.0 Å². The zero-order valence-corrected chi connectivity index (χ0v) is 16.2. The molecule has 0 aliphatic rings. The van der Waals surface area contributed by atoms with Crippen molar-refractivity contribution < 1.29 is 9.72 Å². The van der Waals surface area contributed by atoms with Crippen LogP contribution in [-0.2, 0) is 0 Å². The highest BCUT2D eigenvalue weighted by molar-refractivity contribution is 7.99. The van der Waals surface area contributed by atoms with Crippen LogP contribution in [0.3, 0.4) is 0 Å². The summed E-state index contributed by atoms with van der Waals surface area (Å²) in [5, 5.41) is 16.6. The quantitative estimate of drug-likeness (QED) is 0.411. The van der Waals surface area contributed by atoms with Gasteiger partial charge in [0.25, 0.3) is 5.69 Å². The first-order valence-electron chi connectivity index (χ1n) is 8.59. The number of aryl methyl sites for hydroxylation is 2. The van der Waals surface area contributed by atoms with E-state index in [1.54, 1.807) is 12.1 Å². The molecule has 0 aliphatic carbocycles. The molecule has 28 heavy (non-hydrogen) atoms. The molecule has 0 aliphatic heterocycles. The molecule has 2 N–H and O–H groups in total. The van der Waals surface area contributed by atoms with E-state index in [4.69, 9.17) is 0 Å². The Hall–Kier alpha value is -3.32. The average Bonchev–Trinajstić information content (AvgIpc) is 2.67. The van der Waals surface area contributed by atoms with Gasteiger partial charge in [0.05, 0.1) is 10.6 Å². The maximum atomic E-state index is 12.5. The number of amides is 2. The van der Waals surface area contributed by atoms with Gasteiger partial charge in [-0.15, -0.1) is 0 Å². The van der Waals surface area contributed by atoms with E-state index >= 15 is 0 Å². The second-order valence-corrected chi connectivity index (χ2v) is 7.31. The molecule has 2 amide bonds. The lowest BCUT2D eigenvalue weighted by molar-refractivity contribution is -0.384. The minimum Gasteiger partial charge on any atom is -0.307 e. The summed E-state index contributed by atoms with van der Waals surface area (Å²) in [6, 6.07) is 19.3. The topological polar surface area (TPSA) is 84.3 Å². The number of nitro benzene ring substituents is 1. The van der Waals surface area contributed by atoms with Crippen LogP contribution in [0.2, 0.25) is 0 Å². The molecule has 0 saturated carbocycles. The van der Waals surface area contributed by atoms with Crippen LogP contribution >= 0.6 is 11.8 Å². The Morgan fingerprint density at radius 2 is 1.54 bits per heavy atom. The minimum absolute atomic E-state index is 0.0451. The predicted octanol–water partition coefficient (Wildman–Crippen LogP) is 6.01. The van der Waals surface area contributed by atoms with Gasteiger partial charge < -0.3 is 10.6 Å². The Balaban J connectivity index is 1.75. The molecule has 0 bridgehead atoms. The molecule has 3 aromatic carbocycles. The molecule has 0 aromatic heterocycles. The van der Waals surface area contributed by atoms with Gasteiger partial charge in [-0.25, -0.2) is 4.79 Å². The Labute approximate surface area is 167 Å². The SMILES string of the molecule is Cc1cccc(C)c1NC(=O)Nc1ccccc1Sc1ccc([N+](=O)[O-])cc1. The van der Waals surface area contributed by atoms with E-state index in [0.717, 1.165) is 26.6 Å². The normalized spacial score (nSPS) is 10.4. The first-order valence-corrected chi connectivity index (χ1v) is 9.41. The number of hydrogen-bond donors (Lipinski definition) is 2. The Bertz CT molecular complexity index is 999. The summed E-state index contributed by atoms with van der Waals surface area (Å²) in [5.41, 5.74) is 3.48. The zero-order valence-electron chi connectivity index (χ0n) is 15.4. The van der Waals surface area contributed by atoms with E-state index in [-0.39, 0.29) is 11.7 Å². The highest BCUT2D eigenvalue weighted by Gasteiger charge is 2.11. The lowest BCUT2D eigenvalue weighted by Gasteiger charge is -2.14. The molecule has 3 rings (SSSR count). The highest BCUT2D eigenvalue weighted by atomic mass is 32.2. The van der Waals surface area contributed by atoms with Crippen molar-refractivity contribution in [3.63, 3.8) is 0 Å². The number of urea groups is 1. The molecule has 0 spiro atoms. The Morgan fingerprint density at radius 1 is 0.893 bits per heavy atom. The number of hydrogen-bond acceptors (Lipinski definition) is 4. The van der Waals surface area contributed by atoms with Crippen LogP contribution in [0.25, 0.3) is 0 Å².